The van der Waals surface area contributed by atoms with Crippen LogP contribution >= 0.6 is 0 Å². The summed E-state index contributed by atoms with van der Waals surface area (Å²) in [7, 11) is 4.91. The van der Waals surface area contributed by atoms with Gasteiger partial charge in [-0.25, -0.2) is 4.98 Å². The van der Waals surface area contributed by atoms with Crippen LogP contribution in [0.5, 0.6) is 11.5 Å². The lowest BCUT2D eigenvalue weighted by molar-refractivity contribution is -0.384. The lowest BCUT2D eigenvalue weighted by Crippen LogP contribution is -2.31. The van der Waals surface area contributed by atoms with E-state index in [2.05, 4.69) is 15.6 Å². The predicted octanol–water partition coefficient (Wildman–Crippen LogP) is 3.44. The summed E-state index contributed by atoms with van der Waals surface area (Å²) in [6.07, 6.45) is 5.37. The van der Waals surface area contributed by atoms with E-state index >= 15 is 0 Å². The van der Waals surface area contributed by atoms with Gasteiger partial charge in [0.1, 0.15) is 29.1 Å². The van der Waals surface area contributed by atoms with Crippen LogP contribution in [0.1, 0.15) is 40.6 Å². The fourth-order valence-corrected chi connectivity index (χ4v) is 3.56. The molecule has 4 rings (SSSR count). The van der Waals surface area contributed by atoms with Gasteiger partial charge in [-0.3, -0.25) is 14.9 Å². The highest BCUT2D eigenvalue weighted by molar-refractivity contribution is 5.96. The van der Waals surface area contributed by atoms with Gasteiger partial charge in [-0.2, -0.15) is 0 Å². The van der Waals surface area contributed by atoms with E-state index in [0.717, 1.165) is 12.8 Å². The monoisotopic (exact) mass is 451 g/mol. The number of carbonyl (C=O) groups is 1. The molecule has 0 aliphatic heterocycles. The lowest BCUT2D eigenvalue weighted by Gasteiger charge is -2.21. The zero-order valence-corrected chi connectivity index (χ0v) is 18.6. The molecule has 1 heterocycles. The smallest absolute Gasteiger partial charge is 0.293 e. The topological polar surface area (TPSA) is 121 Å². The summed E-state index contributed by atoms with van der Waals surface area (Å²) in [5, 5.41) is 17.7. The number of amides is 1. The molecule has 1 aliphatic carbocycles. The molecule has 0 unspecified atom stereocenters. The maximum atomic E-state index is 13.2. The standard InChI is InChI=1S/C23H25N5O5/c1-27-9-8-24-22(27)21(15-10-17(32-2)13-18(11-15)33-3)26-23(29)14-4-7-19(25-16-5-6-16)20(12-14)28(30)31/h4,7-13,16,21,25H,5-6H2,1-3H3,(H,26,29)/t21-/m1/s1. The molecule has 1 aromatic heterocycles. The van der Waals surface area contributed by atoms with Crippen molar-refractivity contribution in [2.45, 2.75) is 24.9 Å². The van der Waals surface area contributed by atoms with Crippen molar-refractivity contribution in [3.05, 3.63) is 75.9 Å². The van der Waals surface area contributed by atoms with Crippen molar-refractivity contribution in [2.24, 2.45) is 7.05 Å². The molecule has 0 spiro atoms. The van der Waals surface area contributed by atoms with Crippen molar-refractivity contribution < 1.29 is 19.2 Å². The molecular weight excluding hydrogens is 426 g/mol. The summed E-state index contributed by atoms with van der Waals surface area (Å²) in [6.45, 7) is 0. The molecular formula is C23H25N5O5. The van der Waals surface area contributed by atoms with Crippen molar-refractivity contribution in [1.82, 2.24) is 14.9 Å². The van der Waals surface area contributed by atoms with Crippen LogP contribution in [-0.4, -0.2) is 40.6 Å². The number of methoxy groups -OCH3 is 2. The first-order chi connectivity index (χ1) is 15.9. The fraction of sp³-hybridized carbons (Fsp3) is 0.304. The Morgan fingerprint density at radius 1 is 1.18 bits per heavy atom. The molecule has 172 valence electrons. The Bertz CT molecular complexity index is 1170. The lowest BCUT2D eigenvalue weighted by atomic mass is 10.0. The third-order valence-electron chi connectivity index (χ3n) is 5.49. The molecule has 2 N–H and O–H groups in total. The van der Waals surface area contributed by atoms with E-state index in [4.69, 9.17) is 9.47 Å². The summed E-state index contributed by atoms with van der Waals surface area (Å²) in [6, 6.07) is 9.35. The number of ether oxygens (including phenoxy) is 2. The molecule has 3 aromatic rings. The zero-order chi connectivity index (χ0) is 23.5. The molecule has 0 bridgehead atoms. The Morgan fingerprint density at radius 3 is 2.42 bits per heavy atom. The molecule has 1 fully saturated rings. The zero-order valence-electron chi connectivity index (χ0n) is 18.6. The molecule has 0 saturated heterocycles. The van der Waals surface area contributed by atoms with Crippen LogP contribution in [0.15, 0.2) is 48.8 Å². The maximum absolute atomic E-state index is 13.2. The Kier molecular flexibility index (Phi) is 6.16. The first-order valence-electron chi connectivity index (χ1n) is 10.5. The summed E-state index contributed by atoms with van der Waals surface area (Å²) < 4.78 is 12.5. The molecule has 10 nitrogen and oxygen atoms in total. The predicted molar refractivity (Wildman–Crippen MR) is 122 cm³/mol. The molecule has 1 amide bonds. The van der Waals surface area contributed by atoms with Crippen LogP contribution in [0.25, 0.3) is 0 Å². The first-order valence-corrected chi connectivity index (χ1v) is 10.5. The van der Waals surface area contributed by atoms with Gasteiger partial charge in [0.15, 0.2) is 0 Å². The SMILES string of the molecule is COc1cc(OC)cc([C@@H](NC(=O)c2ccc(NC3CC3)c([N+](=O)[O-])c2)c2nccn2C)c1. The van der Waals surface area contributed by atoms with Crippen molar-refractivity contribution in [3.8, 4) is 11.5 Å². The van der Waals surface area contributed by atoms with Gasteiger partial charge in [0, 0.05) is 43.2 Å². The number of nitro groups is 1. The third kappa shape index (κ3) is 4.89. The van der Waals surface area contributed by atoms with E-state index < -0.39 is 16.9 Å². The van der Waals surface area contributed by atoms with Gasteiger partial charge >= 0.3 is 0 Å². The molecule has 1 saturated carbocycles. The van der Waals surface area contributed by atoms with Gasteiger partial charge in [0.2, 0.25) is 0 Å². The van der Waals surface area contributed by atoms with Gasteiger partial charge in [-0.05, 0) is 42.7 Å². The summed E-state index contributed by atoms with van der Waals surface area (Å²) >= 11 is 0. The number of aromatic nitrogens is 2. The van der Waals surface area contributed by atoms with Gasteiger partial charge in [-0.15, -0.1) is 0 Å². The van der Waals surface area contributed by atoms with Crippen LogP contribution in [0.4, 0.5) is 11.4 Å². The molecule has 1 atom stereocenters. The number of carbonyl (C=O) groups excluding carboxylic acids is 1. The minimum absolute atomic E-state index is 0.133. The van der Waals surface area contributed by atoms with Crippen LogP contribution < -0.4 is 20.1 Å². The number of benzene rings is 2. The normalized spacial score (nSPS) is 13.8. The molecule has 2 aromatic carbocycles. The Labute approximate surface area is 190 Å². The number of imidazole rings is 1. The summed E-state index contributed by atoms with van der Waals surface area (Å²) in [5.41, 5.74) is 1.15. The fourth-order valence-electron chi connectivity index (χ4n) is 3.56. The number of hydrogen-bond donors (Lipinski definition) is 2. The highest BCUT2D eigenvalue weighted by Gasteiger charge is 2.27. The number of aryl methyl sites for hydroxylation is 1. The molecule has 0 radical (unpaired) electrons. The van der Waals surface area contributed by atoms with E-state index in [0.29, 0.717) is 28.6 Å². The number of anilines is 1. The van der Waals surface area contributed by atoms with Crippen molar-refractivity contribution in [1.29, 1.82) is 0 Å². The van der Waals surface area contributed by atoms with Crippen LogP contribution in [-0.2, 0) is 7.05 Å². The van der Waals surface area contributed by atoms with Crippen LogP contribution in [0.3, 0.4) is 0 Å². The van der Waals surface area contributed by atoms with Gasteiger partial charge in [0.05, 0.1) is 19.1 Å². The number of rotatable bonds is 9. The van der Waals surface area contributed by atoms with E-state index in [-0.39, 0.29) is 17.3 Å². The second kappa shape index (κ2) is 9.19. The van der Waals surface area contributed by atoms with Gasteiger partial charge in [0.25, 0.3) is 11.6 Å². The first kappa shape index (κ1) is 22.1. The average molecular weight is 451 g/mol. The van der Waals surface area contributed by atoms with Crippen LogP contribution in [0.2, 0.25) is 0 Å². The molecule has 1 aliphatic rings. The quantitative estimate of drug-likeness (QED) is 0.378. The van der Waals surface area contributed by atoms with Crippen molar-refractivity contribution in [2.75, 3.05) is 19.5 Å². The minimum atomic E-state index is -0.648. The molecule has 33 heavy (non-hydrogen) atoms. The number of nitrogens with one attached hydrogen (secondary N) is 2. The Morgan fingerprint density at radius 2 is 1.88 bits per heavy atom. The van der Waals surface area contributed by atoms with Crippen LogP contribution in [0, 0.1) is 10.1 Å². The maximum Gasteiger partial charge on any atom is 0.293 e. The third-order valence-corrected chi connectivity index (χ3v) is 5.49. The molecule has 10 heteroatoms. The second-order valence-corrected chi connectivity index (χ2v) is 7.86. The number of nitrogens with zero attached hydrogens (tertiary/aromatic N) is 3. The Balaban J connectivity index is 1.68. The number of nitro benzene ring substituents is 1. The average Bonchev–Trinajstić information content (AvgIpc) is 3.54. The minimum Gasteiger partial charge on any atom is -0.497 e. The highest BCUT2D eigenvalue weighted by atomic mass is 16.6. The Hall–Kier alpha value is -4.08. The highest BCUT2D eigenvalue weighted by Crippen LogP contribution is 2.33. The van der Waals surface area contributed by atoms with Crippen molar-refractivity contribution >= 4 is 17.3 Å². The van der Waals surface area contributed by atoms with E-state index in [9.17, 15) is 14.9 Å². The number of hydrogen-bond acceptors (Lipinski definition) is 7. The van der Waals surface area contributed by atoms with Crippen molar-refractivity contribution in [3.63, 3.8) is 0 Å². The summed E-state index contributed by atoms with van der Waals surface area (Å²) in [4.78, 5) is 28.7. The van der Waals surface area contributed by atoms with E-state index in [1.807, 2.05) is 7.05 Å². The van der Waals surface area contributed by atoms with E-state index in [1.165, 1.54) is 6.07 Å². The van der Waals surface area contributed by atoms with E-state index in [1.54, 1.807) is 61.5 Å². The summed E-state index contributed by atoms with van der Waals surface area (Å²) in [5.74, 6) is 1.24. The van der Waals surface area contributed by atoms with Gasteiger partial charge in [-0.1, -0.05) is 0 Å². The largest absolute Gasteiger partial charge is 0.497 e. The second-order valence-electron chi connectivity index (χ2n) is 7.86. The van der Waals surface area contributed by atoms with Gasteiger partial charge < -0.3 is 24.7 Å².